The number of aryl methyl sites for hydroxylation is 3. The van der Waals surface area contributed by atoms with Crippen LogP contribution >= 0.6 is 12.4 Å². The maximum atomic E-state index is 10.8. The molecular formula is C38H51ClO5. The van der Waals surface area contributed by atoms with Gasteiger partial charge in [-0.3, -0.25) is 4.79 Å². The molecule has 4 fully saturated rings. The smallest absolute Gasteiger partial charge is 0.136 e. The van der Waals surface area contributed by atoms with E-state index in [-0.39, 0.29) is 23.3 Å². The van der Waals surface area contributed by atoms with E-state index in [0.29, 0.717) is 34.9 Å². The second-order valence-electron chi connectivity index (χ2n) is 13.0. The van der Waals surface area contributed by atoms with Crippen molar-refractivity contribution in [1.82, 2.24) is 0 Å². The highest BCUT2D eigenvalue weighted by Gasteiger charge is 2.53. The predicted octanol–water partition coefficient (Wildman–Crippen LogP) is 8.26. The van der Waals surface area contributed by atoms with Crippen LogP contribution in [0.1, 0.15) is 100.0 Å². The Hall–Kier alpha value is -3.02. The number of carbonyl (C=O) groups is 1. The maximum Gasteiger partial charge on any atom is 0.136 e. The van der Waals surface area contributed by atoms with Crippen LogP contribution < -0.4 is 0 Å². The molecule has 4 aliphatic rings. The minimum absolute atomic E-state index is 0. The third kappa shape index (κ3) is 7.10. The number of ketones is 1. The number of hydrogen-bond acceptors (Lipinski definition) is 4. The summed E-state index contributed by atoms with van der Waals surface area (Å²) in [6.45, 7) is 6.22. The molecule has 3 aromatic rings. The van der Waals surface area contributed by atoms with E-state index >= 15 is 0 Å². The summed E-state index contributed by atoms with van der Waals surface area (Å²) in [5.41, 5.74) is 5.82. The lowest BCUT2D eigenvalue weighted by Crippen LogP contribution is -2.34. The van der Waals surface area contributed by atoms with Crippen molar-refractivity contribution in [2.45, 2.75) is 96.8 Å². The molecule has 7 rings (SSSR count). The average Bonchev–Trinajstić information content (AvgIpc) is 3.81. The van der Waals surface area contributed by atoms with E-state index < -0.39 is 0 Å². The molecule has 4 unspecified atom stereocenters. The largest absolute Gasteiger partial charge is 0.508 e. The van der Waals surface area contributed by atoms with E-state index in [2.05, 4.69) is 38.1 Å². The second-order valence-corrected chi connectivity index (χ2v) is 13.0. The van der Waals surface area contributed by atoms with Gasteiger partial charge in [0.05, 0.1) is 0 Å². The molecule has 0 aliphatic heterocycles. The molecule has 6 heteroatoms. The lowest BCUT2D eigenvalue weighted by molar-refractivity contribution is -0.121. The summed E-state index contributed by atoms with van der Waals surface area (Å²) in [5.74, 6) is 4.53. The van der Waals surface area contributed by atoms with Gasteiger partial charge in [-0.05, 0) is 122 Å². The van der Waals surface area contributed by atoms with Crippen LogP contribution in [0, 0.1) is 23.7 Å². The van der Waals surface area contributed by atoms with Crippen molar-refractivity contribution in [2.24, 2.45) is 23.7 Å². The molecule has 0 saturated heterocycles. The molecule has 4 aliphatic carbocycles. The van der Waals surface area contributed by atoms with Crippen LogP contribution in [0.15, 0.2) is 60.7 Å². The van der Waals surface area contributed by atoms with Gasteiger partial charge < -0.3 is 20.8 Å². The van der Waals surface area contributed by atoms with Crippen LogP contribution in [0.25, 0.3) is 0 Å². The van der Waals surface area contributed by atoms with Crippen molar-refractivity contribution in [3.8, 4) is 17.2 Å². The molecule has 4 atom stereocenters. The van der Waals surface area contributed by atoms with Crippen molar-refractivity contribution < 1.29 is 25.6 Å². The van der Waals surface area contributed by atoms with Crippen molar-refractivity contribution in [2.75, 3.05) is 0 Å². The number of Topliss-reactive ketones (excluding diaryl/α,β-unsaturated/α-hetero) is 1. The zero-order valence-corrected chi connectivity index (χ0v) is 27.3. The van der Waals surface area contributed by atoms with Gasteiger partial charge in [0.1, 0.15) is 23.0 Å². The van der Waals surface area contributed by atoms with Gasteiger partial charge in [0.2, 0.25) is 0 Å². The Kier molecular flexibility index (Phi) is 12.3. The average molecular weight is 623 g/mol. The minimum Gasteiger partial charge on any atom is -0.508 e. The number of fused-ring (bicyclic) bond motifs is 4. The number of para-hydroxylation sites is 1. The van der Waals surface area contributed by atoms with Crippen LogP contribution in [0.4, 0.5) is 0 Å². The van der Waals surface area contributed by atoms with Crippen LogP contribution in [0.2, 0.25) is 0 Å². The number of halogens is 1. The third-order valence-electron chi connectivity index (χ3n) is 10.7. The van der Waals surface area contributed by atoms with E-state index in [0.717, 1.165) is 54.2 Å². The van der Waals surface area contributed by atoms with E-state index in [4.69, 9.17) is 5.11 Å². The lowest BCUT2D eigenvalue weighted by atomic mass is 9.64. The monoisotopic (exact) mass is 622 g/mol. The summed E-state index contributed by atoms with van der Waals surface area (Å²) in [4.78, 5) is 10.8. The molecule has 240 valence electrons. The summed E-state index contributed by atoms with van der Waals surface area (Å²) < 4.78 is 0. The first-order valence-corrected chi connectivity index (χ1v) is 16.2. The fourth-order valence-electron chi connectivity index (χ4n) is 8.31. The topological polar surface area (TPSA) is 109 Å². The summed E-state index contributed by atoms with van der Waals surface area (Å²) in [5, 5.41) is 29.4. The van der Waals surface area contributed by atoms with E-state index in [9.17, 15) is 15.0 Å². The highest BCUT2D eigenvalue weighted by molar-refractivity contribution is 5.85. The Labute approximate surface area is 269 Å². The molecule has 5 nitrogen and oxygen atoms in total. The van der Waals surface area contributed by atoms with Crippen molar-refractivity contribution in [3.63, 3.8) is 0 Å². The fraction of sp³-hybridized carbons (Fsp3) is 0.500. The first-order chi connectivity index (χ1) is 20.3. The fourth-order valence-corrected chi connectivity index (χ4v) is 8.31. The van der Waals surface area contributed by atoms with Gasteiger partial charge in [0.25, 0.3) is 0 Å². The zero-order valence-electron chi connectivity index (χ0n) is 26.5. The van der Waals surface area contributed by atoms with Crippen LogP contribution in [0.5, 0.6) is 17.2 Å². The highest BCUT2D eigenvalue weighted by Crippen LogP contribution is 2.60. The van der Waals surface area contributed by atoms with E-state index in [1.807, 2.05) is 37.3 Å². The normalized spacial score (nSPS) is 23.5. The quantitative estimate of drug-likeness (QED) is 0.266. The molecule has 5 N–H and O–H groups in total. The maximum absolute atomic E-state index is 10.8. The van der Waals surface area contributed by atoms with Crippen LogP contribution in [0.3, 0.4) is 0 Å². The molecule has 4 saturated carbocycles. The summed E-state index contributed by atoms with van der Waals surface area (Å²) >= 11 is 0. The third-order valence-corrected chi connectivity index (χ3v) is 10.7. The molecule has 0 spiro atoms. The SMILES string of the molecule is CCc1cc(C2(c3ccc(O)c(CC)c3)CC3CCC2C3)ccc1O.CCc1ccccc1O.Cl.O.O=C1CC2CCC1C2. The molecule has 0 heterocycles. The number of phenols is 3. The predicted molar refractivity (Wildman–Crippen MR) is 180 cm³/mol. The first kappa shape index (κ1) is 35.5. The number of rotatable bonds is 5. The summed E-state index contributed by atoms with van der Waals surface area (Å²) in [6, 6.07) is 19.9. The van der Waals surface area contributed by atoms with Gasteiger partial charge in [-0.2, -0.15) is 0 Å². The number of benzene rings is 3. The van der Waals surface area contributed by atoms with Crippen molar-refractivity contribution in [1.29, 1.82) is 0 Å². The van der Waals surface area contributed by atoms with Gasteiger partial charge in [0.15, 0.2) is 0 Å². The van der Waals surface area contributed by atoms with Crippen molar-refractivity contribution >= 4 is 18.2 Å². The Morgan fingerprint density at radius 2 is 1.23 bits per heavy atom. The van der Waals surface area contributed by atoms with Gasteiger partial charge in [-0.15, -0.1) is 12.4 Å². The highest BCUT2D eigenvalue weighted by atomic mass is 35.5. The summed E-state index contributed by atoms with van der Waals surface area (Å²) in [6.07, 6.45) is 12.4. The van der Waals surface area contributed by atoms with Gasteiger partial charge >= 0.3 is 0 Å². The second kappa shape index (κ2) is 15.3. The van der Waals surface area contributed by atoms with Crippen molar-refractivity contribution in [3.05, 3.63) is 88.5 Å². The summed E-state index contributed by atoms with van der Waals surface area (Å²) in [7, 11) is 0. The Morgan fingerprint density at radius 3 is 1.59 bits per heavy atom. The standard InChI is InChI=1S/C23H28O2.C8H10O.C7H10O.ClH.H2O/c1-3-16-12-19(7-9-21(16)24)23(14-15-5-6-18(23)11-15)20-8-10-22(25)17(4-2)13-20;1-2-7-5-3-4-6-8(7)9;8-7-4-5-1-2-6(7)3-5;;/h7-10,12-13,15,18,24-25H,3-6,11,14H2,1-2H3;3-6,9H,2H2,1H3;5-6H,1-4H2;1H;1H2. The molecule has 0 aromatic heterocycles. The number of carbonyl (C=O) groups excluding carboxylic acids is 1. The Bertz CT molecular complexity index is 1350. The van der Waals surface area contributed by atoms with E-state index in [1.165, 1.54) is 56.1 Å². The van der Waals surface area contributed by atoms with Gasteiger partial charge in [0, 0.05) is 17.8 Å². The Morgan fingerprint density at radius 1 is 0.682 bits per heavy atom. The lowest BCUT2D eigenvalue weighted by Gasteiger charge is -2.40. The van der Waals surface area contributed by atoms with Crippen LogP contribution in [-0.4, -0.2) is 26.6 Å². The number of phenolic OH excluding ortho intramolecular Hbond substituents is 3. The Balaban J connectivity index is 0.000000228. The molecular weight excluding hydrogens is 572 g/mol. The van der Waals surface area contributed by atoms with Crippen LogP contribution in [-0.2, 0) is 29.5 Å². The number of aromatic hydroxyl groups is 3. The van der Waals surface area contributed by atoms with Gasteiger partial charge in [-0.1, -0.05) is 69.7 Å². The molecule has 0 radical (unpaired) electrons. The van der Waals surface area contributed by atoms with Gasteiger partial charge in [-0.25, -0.2) is 0 Å². The minimum atomic E-state index is 0. The molecule has 4 bridgehead atoms. The first-order valence-electron chi connectivity index (χ1n) is 16.2. The van der Waals surface area contributed by atoms with E-state index in [1.54, 1.807) is 6.07 Å². The molecule has 0 amide bonds. The zero-order chi connectivity index (χ0) is 29.9. The number of hydrogen-bond donors (Lipinski definition) is 3. The molecule has 3 aromatic carbocycles. The molecule has 44 heavy (non-hydrogen) atoms.